The Bertz CT molecular complexity index is 303. The third-order valence-corrected chi connectivity index (χ3v) is 5.53. The fraction of sp³-hybridized carbons (Fsp3) is 0.929. The average Bonchev–Trinajstić information content (AvgIpc) is 2.64. The van der Waals surface area contributed by atoms with E-state index in [-0.39, 0.29) is 0 Å². The molecule has 2 fully saturated rings. The molecule has 2 heterocycles. The van der Waals surface area contributed by atoms with Gasteiger partial charge in [-0.05, 0) is 46.2 Å². The first kappa shape index (κ1) is 15.3. The summed E-state index contributed by atoms with van der Waals surface area (Å²) in [6.45, 7) is 10.8. The Hall–Kier alpha value is -0.0775. The van der Waals surface area contributed by atoms with Crippen molar-refractivity contribution in [1.82, 2.24) is 13.7 Å². The van der Waals surface area contributed by atoms with E-state index in [4.69, 9.17) is 0 Å². The quantitative estimate of drug-likeness (QED) is 0.676. The zero-order chi connectivity index (χ0) is 13.8. The zero-order valence-corrected chi connectivity index (χ0v) is 14.8. The van der Waals surface area contributed by atoms with Crippen LogP contribution in [0.1, 0.15) is 33.1 Å². The maximum Gasteiger partial charge on any atom is 0.321 e. The first-order valence-electron chi connectivity index (χ1n) is 7.79. The molecule has 2 aliphatic rings. The van der Waals surface area contributed by atoms with Crippen molar-refractivity contribution in [1.29, 1.82) is 0 Å². The molecule has 0 N–H and O–H groups in total. The predicted octanol–water partition coefficient (Wildman–Crippen LogP) is 0.189. The SMILES string of the molecule is CC(C)N1CCCN(C(=O)C2CC[N]([AlH2])CC2)CC1. The fourth-order valence-corrected chi connectivity index (χ4v) is 3.70. The molecular formula is C14H28AlN3O. The topological polar surface area (TPSA) is 26.8 Å². The third-order valence-electron chi connectivity index (χ3n) is 4.64. The minimum absolute atomic E-state index is 0.302. The maximum absolute atomic E-state index is 12.6. The van der Waals surface area contributed by atoms with Gasteiger partial charge in [0.2, 0.25) is 5.91 Å². The molecule has 0 atom stereocenters. The summed E-state index contributed by atoms with van der Waals surface area (Å²) < 4.78 is 2.46. The van der Waals surface area contributed by atoms with Gasteiger partial charge in [0.25, 0.3) is 0 Å². The molecule has 0 aromatic rings. The predicted molar refractivity (Wildman–Crippen MR) is 80.7 cm³/mol. The first-order valence-corrected chi connectivity index (χ1v) is 8.68. The molecule has 0 aromatic heterocycles. The van der Waals surface area contributed by atoms with Crippen LogP contribution in [0, 0.1) is 5.92 Å². The minimum Gasteiger partial charge on any atom is -0.390 e. The van der Waals surface area contributed by atoms with Crippen LogP contribution in [0.15, 0.2) is 0 Å². The number of hydrogen-bond donors (Lipinski definition) is 0. The van der Waals surface area contributed by atoms with E-state index in [2.05, 4.69) is 27.5 Å². The molecule has 0 bridgehead atoms. The monoisotopic (exact) mass is 281 g/mol. The van der Waals surface area contributed by atoms with Crippen LogP contribution in [0.2, 0.25) is 0 Å². The van der Waals surface area contributed by atoms with E-state index in [1.807, 2.05) is 0 Å². The van der Waals surface area contributed by atoms with Gasteiger partial charge in [0.15, 0.2) is 0 Å². The van der Waals surface area contributed by atoms with Crippen LogP contribution in [0.3, 0.4) is 0 Å². The summed E-state index contributed by atoms with van der Waals surface area (Å²) in [5, 5.41) is 0. The summed E-state index contributed by atoms with van der Waals surface area (Å²) in [6, 6.07) is 0.600. The van der Waals surface area contributed by atoms with E-state index >= 15 is 0 Å². The lowest BCUT2D eigenvalue weighted by atomic mass is 9.96. The molecule has 5 heteroatoms. The van der Waals surface area contributed by atoms with Crippen molar-refractivity contribution in [2.24, 2.45) is 5.92 Å². The van der Waals surface area contributed by atoms with Crippen LogP contribution in [-0.2, 0) is 4.79 Å². The van der Waals surface area contributed by atoms with Gasteiger partial charge in [0, 0.05) is 38.1 Å². The largest absolute Gasteiger partial charge is 0.390 e. The summed E-state index contributed by atoms with van der Waals surface area (Å²) in [7, 11) is 0. The molecular weight excluding hydrogens is 253 g/mol. The summed E-state index contributed by atoms with van der Waals surface area (Å²) in [5.41, 5.74) is 0. The van der Waals surface area contributed by atoms with Crippen molar-refractivity contribution in [2.75, 3.05) is 39.3 Å². The summed E-state index contributed by atoms with van der Waals surface area (Å²) in [4.78, 5) is 17.2. The van der Waals surface area contributed by atoms with Gasteiger partial charge in [-0.25, -0.2) is 0 Å². The lowest BCUT2D eigenvalue weighted by Gasteiger charge is -2.33. The van der Waals surface area contributed by atoms with E-state index < -0.39 is 0 Å². The normalized spacial score (nSPS) is 24.7. The number of carbonyl (C=O) groups is 1. The van der Waals surface area contributed by atoms with Gasteiger partial charge in [-0.15, -0.1) is 0 Å². The van der Waals surface area contributed by atoms with Crippen LogP contribution < -0.4 is 0 Å². The third kappa shape index (κ3) is 4.19. The molecule has 2 aliphatic heterocycles. The highest BCUT2D eigenvalue weighted by molar-refractivity contribution is 6.04. The Morgan fingerprint density at radius 2 is 1.74 bits per heavy atom. The van der Waals surface area contributed by atoms with Crippen molar-refractivity contribution in [3.8, 4) is 0 Å². The molecule has 0 aromatic carbocycles. The first-order chi connectivity index (χ1) is 9.08. The second kappa shape index (κ2) is 7.08. The summed E-state index contributed by atoms with van der Waals surface area (Å²) in [5.74, 6) is 0.733. The number of piperidine rings is 1. The van der Waals surface area contributed by atoms with Gasteiger partial charge in [0.1, 0.15) is 0 Å². The number of amides is 1. The van der Waals surface area contributed by atoms with E-state index in [1.54, 1.807) is 0 Å². The molecule has 1 amide bonds. The van der Waals surface area contributed by atoms with Crippen molar-refractivity contribution in [3.05, 3.63) is 0 Å². The average molecular weight is 281 g/mol. The van der Waals surface area contributed by atoms with Crippen LogP contribution in [0.25, 0.3) is 0 Å². The number of rotatable bonds is 2. The zero-order valence-electron chi connectivity index (χ0n) is 12.8. The number of nitrogens with zero attached hydrogens (tertiary/aromatic N) is 3. The Labute approximate surface area is 125 Å². The molecule has 0 radical (unpaired) electrons. The lowest BCUT2D eigenvalue weighted by molar-refractivity contribution is -0.136. The lowest BCUT2D eigenvalue weighted by Crippen LogP contribution is -2.43. The Kier molecular flexibility index (Phi) is 5.71. The van der Waals surface area contributed by atoms with Crippen LogP contribution >= 0.6 is 0 Å². The van der Waals surface area contributed by atoms with E-state index in [0.29, 0.717) is 17.9 Å². The molecule has 2 rings (SSSR count). The number of carbonyl (C=O) groups excluding carboxylic acids is 1. The van der Waals surface area contributed by atoms with Gasteiger partial charge >= 0.3 is 16.5 Å². The highest BCUT2D eigenvalue weighted by atomic mass is 27.1. The van der Waals surface area contributed by atoms with Crippen molar-refractivity contribution in [2.45, 2.75) is 39.2 Å². The van der Waals surface area contributed by atoms with Gasteiger partial charge in [-0.2, -0.15) is 0 Å². The molecule has 0 unspecified atom stereocenters. The molecule has 0 saturated carbocycles. The second-order valence-corrected chi connectivity index (χ2v) is 7.65. The Balaban J connectivity index is 1.85. The molecule has 0 aliphatic carbocycles. The molecule has 2 saturated heterocycles. The summed E-state index contributed by atoms with van der Waals surface area (Å²) >= 11 is 1.14. The van der Waals surface area contributed by atoms with Crippen molar-refractivity contribution >= 4 is 22.4 Å². The van der Waals surface area contributed by atoms with Crippen LogP contribution in [0.5, 0.6) is 0 Å². The fourth-order valence-electron chi connectivity index (χ4n) is 3.19. The second-order valence-electron chi connectivity index (χ2n) is 6.39. The summed E-state index contributed by atoms with van der Waals surface area (Å²) in [6.07, 6.45) is 3.28. The van der Waals surface area contributed by atoms with E-state index in [0.717, 1.165) is 75.0 Å². The van der Waals surface area contributed by atoms with Gasteiger partial charge in [0.05, 0.1) is 0 Å². The van der Waals surface area contributed by atoms with E-state index in [9.17, 15) is 4.79 Å². The molecule has 0 spiro atoms. The Morgan fingerprint density at radius 1 is 1.05 bits per heavy atom. The van der Waals surface area contributed by atoms with Gasteiger partial charge < -0.3 is 8.78 Å². The minimum atomic E-state index is 0.302. The maximum atomic E-state index is 12.6. The molecule has 4 nitrogen and oxygen atoms in total. The van der Waals surface area contributed by atoms with Gasteiger partial charge in [-0.3, -0.25) is 9.69 Å². The molecule has 19 heavy (non-hydrogen) atoms. The van der Waals surface area contributed by atoms with Crippen LogP contribution in [-0.4, -0.2) is 81.4 Å². The van der Waals surface area contributed by atoms with Crippen molar-refractivity contribution in [3.63, 3.8) is 0 Å². The van der Waals surface area contributed by atoms with Crippen molar-refractivity contribution < 1.29 is 4.79 Å². The van der Waals surface area contributed by atoms with Gasteiger partial charge in [-0.1, -0.05) is 0 Å². The highest BCUT2D eigenvalue weighted by Crippen LogP contribution is 2.19. The highest BCUT2D eigenvalue weighted by Gasteiger charge is 2.28. The standard InChI is InChI=1S/C14H26N3O.Al.2H/c1-12(2)16-8-3-9-17(11-10-16)14(18)13-4-6-15-7-5-13;;;/h12-13H,3-11H2,1-2H3;;;/q-1;+1;;. The number of hydrogen-bond acceptors (Lipinski definition) is 3. The van der Waals surface area contributed by atoms with Crippen LogP contribution in [0.4, 0.5) is 0 Å². The van der Waals surface area contributed by atoms with E-state index in [1.165, 1.54) is 0 Å². The smallest absolute Gasteiger partial charge is 0.321 e. The Morgan fingerprint density at radius 3 is 2.37 bits per heavy atom. The molecule has 108 valence electrons.